The molecular weight excluding hydrogens is 588 g/mol. The number of amides is 5. The minimum Gasteiger partial charge on any atom is -0.490 e. The number of barbiturate groups is 1. The van der Waals surface area contributed by atoms with Crippen molar-refractivity contribution in [2.75, 3.05) is 23.4 Å². The van der Waals surface area contributed by atoms with Gasteiger partial charge in [0.1, 0.15) is 11.4 Å². The number of imide groups is 2. The third-order valence-corrected chi connectivity index (χ3v) is 6.40. The van der Waals surface area contributed by atoms with Crippen LogP contribution in [-0.2, 0) is 14.4 Å². The Morgan fingerprint density at radius 2 is 1.70 bits per heavy atom. The van der Waals surface area contributed by atoms with Crippen LogP contribution in [0, 0.1) is 5.82 Å². The molecule has 1 heterocycles. The Morgan fingerprint density at radius 1 is 0.975 bits per heavy atom. The molecule has 40 heavy (non-hydrogen) atoms. The molecule has 0 saturated carbocycles. The molecule has 0 aromatic heterocycles. The fourth-order valence-corrected chi connectivity index (χ4v) is 4.20. The first-order chi connectivity index (χ1) is 19.1. The second-order valence-electron chi connectivity index (χ2n) is 8.16. The van der Waals surface area contributed by atoms with Gasteiger partial charge in [-0.2, -0.15) is 0 Å². The first kappa shape index (κ1) is 28.9. The minimum atomic E-state index is -0.977. The van der Waals surface area contributed by atoms with Gasteiger partial charge in [-0.3, -0.25) is 19.7 Å². The molecule has 0 aliphatic carbocycles. The maximum Gasteiger partial charge on any atom is 0.335 e. The van der Waals surface area contributed by atoms with Gasteiger partial charge in [0.05, 0.1) is 27.4 Å². The molecule has 0 unspecified atom stereocenters. The van der Waals surface area contributed by atoms with E-state index in [1.807, 2.05) is 0 Å². The molecule has 1 fully saturated rings. The predicted molar refractivity (Wildman–Crippen MR) is 149 cm³/mol. The van der Waals surface area contributed by atoms with Gasteiger partial charge in [0, 0.05) is 5.69 Å². The molecule has 1 saturated heterocycles. The second-order valence-corrected chi connectivity index (χ2v) is 9.38. The van der Waals surface area contributed by atoms with E-state index in [2.05, 4.69) is 10.6 Å². The van der Waals surface area contributed by atoms with Crippen molar-refractivity contribution >= 4 is 76.0 Å². The Balaban J connectivity index is 1.57. The van der Waals surface area contributed by atoms with E-state index in [0.29, 0.717) is 15.6 Å². The Labute approximate surface area is 242 Å². The van der Waals surface area contributed by atoms with E-state index in [4.69, 9.17) is 44.3 Å². The summed E-state index contributed by atoms with van der Waals surface area (Å²) < 4.78 is 24.6. The number of urea groups is 1. The van der Waals surface area contributed by atoms with Crippen molar-refractivity contribution in [3.05, 3.63) is 86.6 Å². The Hall–Kier alpha value is -4.12. The lowest BCUT2D eigenvalue weighted by molar-refractivity contribution is -0.122. The molecule has 2 N–H and O–H groups in total. The average Bonchev–Trinajstić information content (AvgIpc) is 2.89. The largest absolute Gasteiger partial charge is 0.490 e. The molecular formula is C27H19Cl3FN3O6. The summed E-state index contributed by atoms with van der Waals surface area (Å²) in [6, 6.07) is 11.1. The highest BCUT2D eigenvalue weighted by Crippen LogP contribution is 2.38. The fraction of sp³-hybridized carbons (Fsp3) is 0.111. The summed E-state index contributed by atoms with van der Waals surface area (Å²) in [5.41, 5.74) is 0.369. The molecule has 13 heteroatoms. The maximum absolute atomic E-state index is 13.3. The number of benzene rings is 3. The zero-order chi connectivity index (χ0) is 29.0. The van der Waals surface area contributed by atoms with Crippen molar-refractivity contribution in [2.24, 2.45) is 0 Å². The molecule has 0 spiro atoms. The smallest absolute Gasteiger partial charge is 0.335 e. The van der Waals surface area contributed by atoms with Crippen LogP contribution >= 0.6 is 34.8 Å². The molecule has 1 aliphatic heterocycles. The van der Waals surface area contributed by atoms with Crippen molar-refractivity contribution in [3.63, 3.8) is 0 Å². The van der Waals surface area contributed by atoms with Crippen LogP contribution in [0.2, 0.25) is 15.1 Å². The molecule has 3 aromatic rings. The van der Waals surface area contributed by atoms with Crippen molar-refractivity contribution in [3.8, 4) is 11.5 Å². The second kappa shape index (κ2) is 12.4. The van der Waals surface area contributed by atoms with Crippen LogP contribution < -0.4 is 25.0 Å². The van der Waals surface area contributed by atoms with E-state index in [1.165, 1.54) is 42.5 Å². The number of nitrogens with one attached hydrogen (secondary N) is 2. The van der Waals surface area contributed by atoms with Crippen molar-refractivity contribution in [1.29, 1.82) is 0 Å². The van der Waals surface area contributed by atoms with Gasteiger partial charge in [0.25, 0.3) is 17.7 Å². The Morgan fingerprint density at radius 3 is 2.38 bits per heavy atom. The summed E-state index contributed by atoms with van der Waals surface area (Å²) in [5.74, 6) is -2.74. The summed E-state index contributed by atoms with van der Waals surface area (Å²) >= 11 is 18.3. The van der Waals surface area contributed by atoms with Gasteiger partial charge in [0.15, 0.2) is 18.1 Å². The lowest BCUT2D eigenvalue weighted by Gasteiger charge is -2.26. The summed E-state index contributed by atoms with van der Waals surface area (Å²) in [5, 5.41) is 5.32. The van der Waals surface area contributed by atoms with E-state index in [1.54, 1.807) is 13.0 Å². The number of carbonyl (C=O) groups is 4. The topological polar surface area (TPSA) is 114 Å². The van der Waals surface area contributed by atoms with Gasteiger partial charge in [-0.15, -0.1) is 0 Å². The molecule has 9 nitrogen and oxygen atoms in total. The molecule has 5 amide bonds. The van der Waals surface area contributed by atoms with E-state index in [9.17, 15) is 23.6 Å². The van der Waals surface area contributed by atoms with Gasteiger partial charge in [-0.25, -0.2) is 14.1 Å². The lowest BCUT2D eigenvalue weighted by Crippen LogP contribution is -2.54. The third kappa shape index (κ3) is 6.53. The summed E-state index contributed by atoms with van der Waals surface area (Å²) in [6.45, 7) is 1.48. The zero-order valence-electron chi connectivity index (χ0n) is 20.6. The first-order valence-electron chi connectivity index (χ1n) is 11.6. The van der Waals surface area contributed by atoms with Gasteiger partial charge < -0.3 is 14.8 Å². The Bertz CT molecular complexity index is 1550. The number of nitrogens with zero attached hydrogens (tertiary/aromatic N) is 1. The van der Waals surface area contributed by atoms with Crippen molar-refractivity contribution in [1.82, 2.24) is 5.32 Å². The van der Waals surface area contributed by atoms with Crippen LogP contribution in [-0.4, -0.2) is 37.0 Å². The standard InChI is InChI=1S/C27H19Cl3FN3O6/c1-2-39-22-11-14(9-18-25(36)33-27(38)34(26(18)37)17-6-3-15(31)4-7-17)10-21(30)24(22)40-13-23(35)32-16-5-8-19(28)20(29)12-16/h3-12H,2,13H2,1H3,(H,32,35)(H,33,36,38)/b18-9+. The van der Waals surface area contributed by atoms with E-state index in [-0.39, 0.29) is 45.0 Å². The van der Waals surface area contributed by atoms with E-state index in [0.717, 1.165) is 12.1 Å². The molecule has 206 valence electrons. The third-order valence-electron chi connectivity index (χ3n) is 5.38. The zero-order valence-corrected chi connectivity index (χ0v) is 22.9. The minimum absolute atomic E-state index is 0.0234. The highest BCUT2D eigenvalue weighted by Gasteiger charge is 2.37. The fourth-order valence-electron chi connectivity index (χ4n) is 3.63. The normalized spacial score (nSPS) is 14.3. The highest BCUT2D eigenvalue weighted by molar-refractivity contribution is 6.42. The van der Waals surface area contributed by atoms with Gasteiger partial charge in [-0.05, 0) is 73.2 Å². The summed E-state index contributed by atoms with van der Waals surface area (Å²) in [7, 11) is 0. The lowest BCUT2D eigenvalue weighted by atomic mass is 10.1. The van der Waals surface area contributed by atoms with Gasteiger partial charge >= 0.3 is 6.03 Å². The number of ether oxygens (including phenoxy) is 2. The quantitative estimate of drug-likeness (QED) is 0.245. The number of hydrogen-bond donors (Lipinski definition) is 2. The predicted octanol–water partition coefficient (Wildman–Crippen LogP) is 5.87. The highest BCUT2D eigenvalue weighted by atomic mass is 35.5. The van der Waals surface area contributed by atoms with Crippen LogP contribution in [0.5, 0.6) is 11.5 Å². The van der Waals surface area contributed by atoms with Crippen molar-refractivity contribution in [2.45, 2.75) is 6.92 Å². The van der Waals surface area contributed by atoms with Crippen LogP contribution in [0.15, 0.2) is 60.2 Å². The SMILES string of the molecule is CCOc1cc(/C=C2\C(=O)NC(=O)N(c3ccc(F)cc3)C2=O)cc(Cl)c1OCC(=O)Nc1ccc(Cl)c(Cl)c1. The molecule has 0 bridgehead atoms. The number of hydrogen-bond acceptors (Lipinski definition) is 6. The summed E-state index contributed by atoms with van der Waals surface area (Å²) in [6.07, 6.45) is 1.22. The van der Waals surface area contributed by atoms with Gasteiger partial charge in [-0.1, -0.05) is 34.8 Å². The number of carbonyl (C=O) groups excluding carboxylic acids is 4. The van der Waals surface area contributed by atoms with Crippen molar-refractivity contribution < 1.29 is 33.0 Å². The molecule has 3 aromatic carbocycles. The van der Waals surface area contributed by atoms with Gasteiger partial charge in [0.2, 0.25) is 0 Å². The molecule has 4 rings (SSSR count). The van der Waals surface area contributed by atoms with Crippen LogP contribution in [0.25, 0.3) is 6.08 Å². The first-order valence-corrected chi connectivity index (χ1v) is 12.7. The Kier molecular flexibility index (Phi) is 8.93. The average molecular weight is 607 g/mol. The number of rotatable bonds is 8. The number of anilines is 2. The summed E-state index contributed by atoms with van der Waals surface area (Å²) in [4.78, 5) is 51.1. The molecule has 1 aliphatic rings. The van der Waals surface area contributed by atoms with Crippen LogP contribution in [0.4, 0.5) is 20.6 Å². The molecule has 0 atom stereocenters. The van der Waals surface area contributed by atoms with E-state index >= 15 is 0 Å². The number of halogens is 4. The maximum atomic E-state index is 13.3. The van der Waals surface area contributed by atoms with E-state index < -0.39 is 36.2 Å². The van der Waals surface area contributed by atoms with Crippen LogP contribution in [0.3, 0.4) is 0 Å². The molecule has 0 radical (unpaired) electrons. The van der Waals surface area contributed by atoms with Crippen LogP contribution in [0.1, 0.15) is 12.5 Å². The monoisotopic (exact) mass is 605 g/mol.